The zero-order valence-corrected chi connectivity index (χ0v) is 12.6. The molecule has 3 aromatic rings. The number of ether oxygens (including phenoxy) is 1. The van der Waals surface area contributed by atoms with Gasteiger partial charge in [-0.25, -0.2) is 4.68 Å². The molecule has 7 nitrogen and oxygen atoms in total. The second kappa shape index (κ2) is 5.49. The number of rotatable bonds is 3. The van der Waals surface area contributed by atoms with Crippen molar-refractivity contribution in [3.8, 4) is 17.7 Å². The van der Waals surface area contributed by atoms with Gasteiger partial charge in [0.05, 0.1) is 0 Å². The molecule has 0 spiro atoms. The van der Waals surface area contributed by atoms with Crippen LogP contribution in [-0.4, -0.2) is 24.7 Å². The topological polar surface area (TPSA) is 91.7 Å². The van der Waals surface area contributed by atoms with Gasteiger partial charge in [-0.2, -0.15) is 20.1 Å². The van der Waals surface area contributed by atoms with Crippen molar-refractivity contribution in [2.75, 3.05) is 5.73 Å². The lowest BCUT2D eigenvalue weighted by Crippen LogP contribution is -2.08. The van der Waals surface area contributed by atoms with Crippen LogP contribution in [0.25, 0.3) is 5.95 Å². The SMILES string of the molecule is Cc1cc(Br)ccc1Oc1nc(N)nc(-n2cccn2)n1. The van der Waals surface area contributed by atoms with E-state index in [-0.39, 0.29) is 12.0 Å². The van der Waals surface area contributed by atoms with Gasteiger partial charge in [-0.1, -0.05) is 15.9 Å². The maximum absolute atomic E-state index is 5.69. The van der Waals surface area contributed by atoms with E-state index in [4.69, 9.17) is 10.5 Å². The Hall–Kier alpha value is -2.48. The minimum atomic E-state index is 0.0697. The highest BCUT2D eigenvalue weighted by Crippen LogP contribution is 2.26. The predicted molar refractivity (Wildman–Crippen MR) is 80.3 cm³/mol. The van der Waals surface area contributed by atoms with Gasteiger partial charge in [0.15, 0.2) is 0 Å². The summed E-state index contributed by atoms with van der Waals surface area (Å²) in [6.07, 6.45) is 3.34. The highest BCUT2D eigenvalue weighted by Gasteiger charge is 2.10. The van der Waals surface area contributed by atoms with Crippen molar-refractivity contribution in [1.29, 1.82) is 0 Å². The van der Waals surface area contributed by atoms with Gasteiger partial charge in [0.1, 0.15) is 5.75 Å². The molecule has 2 N–H and O–H groups in total. The predicted octanol–water partition coefficient (Wildman–Crippen LogP) is 2.50. The summed E-state index contributed by atoms with van der Waals surface area (Å²) in [5, 5.41) is 4.05. The summed E-state index contributed by atoms with van der Waals surface area (Å²) >= 11 is 3.40. The van der Waals surface area contributed by atoms with E-state index in [1.165, 1.54) is 4.68 Å². The Balaban J connectivity index is 1.95. The molecule has 0 aliphatic carbocycles. The van der Waals surface area contributed by atoms with E-state index in [0.29, 0.717) is 11.7 Å². The van der Waals surface area contributed by atoms with Crippen molar-refractivity contribution in [1.82, 2.24) is 24.7 Å². The summed E-state index contributed by atoms with van der Waals surface area (Å²) in [6.45, 7) is 1.93. The average molecular weight is 347 g/mol. The van der Waals surface area contributed by atoms with E-state index in [1.54, 1.807) is 18.5 Å². The molecule has 0 saturated heterocycles. The van der Waals surface area contributed by atoms with Gasteiger partial charge in [-0.3, -0.25) is 0 Å². The van der Waals surface area contributed by atoms with Crippen LogP contribution in [0.2, 0.25) is 0 Å². The Morgan fingerprint density at radius 3 is 2.81 bits per heavy atom. The Morgan fingerprint density at radius 2 is 2.10 bits per heavy atom. The number of nitrogens with two attached hydrogens (primary N) is 1. The van der Waals surface area contributed by atoms with Gasteiger partial charge in [0.25, 0.3) is 5.95 Å². The highest BCUT2D eigenvalue weighted by molar-refractivity contribution is 9.10. The first-order valence-electron chi connectivity index (χ1n) is 6.07. The Kier molecular flexibility index (Phi) is 3.53. The number of nitrogen functional groups attached to an aromatic ring is 1. The molecule has 1 aromatic carbocycles. The van der Waals surface area contributed by atoms with Crippen LogP contribution < -0.4 is 10.5 Å². The van der Waals surface area contributed by atoms with Gasteiger partial charge in [-0.05, 0) is 36.8 Å². The minimum absolute atomic E-state index is 0.0697. The summed E-state index contributed by atoms with van der Waals surface area (Å²) in [7, 11) is 0. The maximum atomic E-state index is 5.69. The highest BCUT2D eigenvalue weighted by atomic mass is 79.9. The van der Waals surface area contributed by atoms with Crippen molar-refractivity contribution < 1.29 is 4.74 Å². The Bertz CT molecular complexity index is 774. The normalized spacial score (nSPS) is 10.6. The lowest BCUT2D eigenvalue weighted by Gasteiger charge is -2.08. The monoisotopic (exact) mass is 346 g/mol. The second-order valence-electron chi connectivity index (χ2n) is 4.24. The third-order valence-electron chi connectivity index (χ3n) is 2.67. The molecular weight excluding hydrogens is 336 g/mol. The summed E-state index contributed by atoms with van der Waals surface area (Å²) in [5.41, 5.74) is 6.64. The molecule has 0 aliphatic rings. The van der Waals surface area contributed by atoms with Gasteiger partial charge >= 0.3 is 6.01 Å². The minimum Gasteiger partial charge on any atom is -0.424 e. The fraction of sp³-hybridized carbons (Fsp3) is 0.0769. The van der Waals surface area contributed by atoms with E-state index in [1.807, 2.05) is 25.1 Å². The van der Waals surface area contributed by atoms with Crippen LogP contribution in [0, 0.1) is 6.92 Å². The van der Waals surface area contributed by atoms with Crippen molar-refractivity contribution >= 4 is 21.9 Å². The molecule has 0 bridgehead atoms. The molecular formula is C13H11BrN6O. The van der Waals surface area contributed by atoms with E-state index < -0.39 is 0 Å². The quantitative estimate of drug-likeness (QED) is 0.783. The van der Waals surface area contributed by atoms with E-state index in [9.17, 15) is 0 Å². The van der Waals surface area contributed by atoms with E-state index >= 15 is 0 Å². The average Bonchev–Trinajstić information content (AvgIpc) is 2.95. The molecule has 106 valence electrons. The lowest BCUT2D eigenvalue weighted by atomic mass is 10.2. The number of aryl methyl sites for hydroxylation is 1. The first-order valence-corrected chi connectivity index (χ1v) is 6.87. The van der Waals surface area contributed by atoms with Crippen LogP contribution in [-0.2, 0) is 0 Å². The van der Waals surface area contributed by atoms with Crippen LogP contribution in [0.3, 0.4) is 0 Å². The summed E-state index contributed by atoms with van der Waals surface area (Å²) < 4.78 is 8.14. The van der Waals surface area contributed by atoms with Crippen molar-refractivity contribution in [2.45, 2.75) is 6.92 Å². The molecule has 2 aromatic heterocycles. The number of benzene rings is 1. The Labute approximate surface area is 128 Å². The van der Waals surface area contributed by atoms with E-state index in [0.717, 1.165) is 10.0 Å². The molecule has 0 aliphatic heterocycles. The fourth-order valence-corrected chi connectivity index (χ4v) is 2.20. The van der Waals surface area contributed by atoms with Gasteiger partial charge in [0, 0.05) is 16.9 Å². The number of nitrogens with zero attached hydrogens (tertiary/aromatic N) is 5. The standard InChI is InChI=1S/C13H11BrN6O/c1-8-7-9(14)3-4-10(8)21-13-18-11(15)17-12(19-13)20-6-2-5-16-20/h2-7H,1H3,(H2,15,17,18,19). The van der Waals surface area contributed by atoms with Crippen LogP contribution >= 0.6 is 15.9 Å². The number of hydrogen-bond acceptors (Lipinski definition) is 6. The van der Waals surface area contributed by atoms with Gasteiger partial charge < -0.3 is 10.5 Å². The molecule has 0 radical (unpaired) electrons. The third-order valence-corrected chi connectivity index (χ3v) is 3.16. The molecule has 0 unspecified atom stereocenters. The van der Waals surface area contributed by atoms with Crippen LogP contribution in [0.4, 0.5) is 5.95 Å². The largest absolute Gasteiger partial charge is 0.424 e. The smallest absolute Gasteiger partial charge is 0.328 e. The van der Waals surface area contributed by atoms with Crippen LogP contribution in [0.1, 0.15) is 5.56 Å². The van der Waals surface area contributed by atoms with Gasteiger partial charge in [-0.15, -0.1) is 0 Å². The fourth-order valence-electron chi connectivity index (χ4n) is 1.72. The molecule has 0 atom stereocenters. The van der Waals surface area contributed by atoms with Crippen molar-refractivity contribution in [3.05, 3.63) is 46.7 Å². The molecule has 0 fully saturated rings. The number of hydrogen-bond donors (Lipinski definition) is 1. The summed E-state index contributed by atoms with van der Waals surface area (Å²) in [4.78, 5) is 12.2. The molecule has 21 heavy (non-hydrogen) atoms. The van der Waals surface area contributed by atoms with Crippen molar-refractivity contribution in [2.24, 2.45) is 0 Å². The number of anilines is 1. The number of aromatic nitrogens is 5. The lowest BCUT2D eigenvalue weighted by molar-refractivity contribution is 0.435. The number of halogens is 1. The summed E-state index contributed by atoms with van der Waals surface area (Å²) in [6, 6.07) is 7.53. The molecule has 8 heteroatoms. The third kappa shape index (κ3) is 3.00. The Morgan fingerprint density at radius 1 is 1.24 bits per heavy atom. The van der Waals surface area contributed by atoms with Crippen LogP contribution in [0.15, 0.2) is 41.1 Å². The molecule has 2 heterocycles. The van der Waals surface area contributed by atoms with E-state index in [2.05, 4.69) is 36.0 Å². The first-order chi connectivity index (χ1) is 10.1. The first kappa shape index (κ1) is 13.5. The van der Waals surface area contributed by atoms with Crippen molar-refractivity contribution in [3.63, 3.8) is 0 Å². The molecule has 0 amide bonds. The summed E-state index contributed by atoms with van der Waals surface area (Å²) in [5.74, 6) is 1.02. The maximum Gasteiger partial charge on any atom is 0.328 e. The zero-order chi connectivity index (χ0) is 14.8. The van der Waals surface area contributed by atoms with Gasteiger partial charge in [0.2, 0.25) is 5.95 Å². The second-order valence-corrected chi connectivity index (χ2v) is 5.15. The van der Waals surface area contributed by atoms with Crippen LogP contribution in [0.5, 0.6) is 11.8 Å². The molecule has 3 rings (SSSR count). The molecule has 0 saturated carbocycles. The zero-order valence-electron chi connectivity index (χ0n) is 11.1.